The summed E-state index contributed by atoms with van der Waals surface area (Å²) in [7, 11) is 0. The number of carbonyl (C=O) groups is 2. The Bertz CT molecular complexity index is 1150. The fourth-order valence-electron chi connectivity index (χ4n) is 2.70. The lowest BCUT2D eigenvalue weighted by atomic mass is 10.1. The highest BCUT2D eigenvalue weighted by Gasteiger charge is 2.16. The van der Waals surface area contributed by atoms with E-state index >= 15 is 0 Å². The second-order valence-corrected chi connectivity index (χ2v) is 6.93. The highest BCUT2D eigenvalue weighted by molar-refractivity contribution is 7.16. The molecule has 0 bridgehead atoms. The number of nitro benzene ring substituents is 1. The van der Waals surface area contributed by atoms with Crippen LogP contribution in [0.25, 0.3) is 10.2 Å². The van der Waals surface area contributed by atoms with Crippen molar-refractivity contribution in [2.24, 2.45) is 4.99 Å². The molecule has 1 amide bonds. The van der Waals surface area contributed by atoms with Crippen molar-refractivity contribution < 1.29 is 19.2 Å². The maximum Gasteiger partial charge on any atom is 0.326 e. The van der Waals surface area contributed by atoms with Gasteiger partial charge in [0.1, 0.15) is 6.54 Å². The summed E-state index contributed by atoms with van der Waals surface area (Å²) in [5.41, 5.74) is 1.57. The Morgan fingerprint density at radius 1 is 1.25 bits per heavy atom. The monoisotopic (exact) mass is 399 g/mol. The Labute approximate surface area is 163 Å². The molecule has 3 aromatic rings. The zero-order valence-corrected chi connectivity index (χ0v) is 16.1. The molecule has 0 fully saturated rings. The molecule has 1 aromatic heterocycles. The number of esters is 1. The lowest BCUT2D eigenvalue weighted by Crippen LogP contribution is -2.23. The van der Waals surface area contributed by atoms with Gasteiger partial charge in [0.2, 0.25) is 0 Å². The molecule has 3 rings (SSSR count). The van der Waals surface area contributed by atoms with Crippen LogP contribution in [0.1, 0.15) is 22.8 Å². The minimum atomic E-state index is -0.515. The van der Waals surface area contributed by atoms with Crippen LogP contribution >= 0.6 is 11.3 Å². The van der Waals surface area contributed by atoms with Gasteiger partial charge in [-0.05, 0) is 31.5 Å². The number of fused-ring (bicyclic) bond motifs is 1. The number of carbonyl (C=O) groups excluding carboxylic acids is 2. The van der Waals surface area contributed by atoms with Crippen LogP contribution in [-0.2, 0) is 16.1 Å². The van der Waals surface area contributed by atoms with Gasteiger partial charge in [0.25, 0.3) is 11.6 Å². The Morgan fingerprint density at radius 2 is 2.00 bits per heavy atom. The molecular weight excluding hydrogens is 382 g/mol. The molecule has 8 nitrogen and oxygen atoms in total. The van der Waals surface area contributed by atoms with E-state index < -0.39 is 16.8 Å². The van der Waals surface area contributed by atoms with Crippen molar-refractivity contribution in [2.75, 3.05) is 6.61 Å². The molecule has 144 valence electrons. The summed E-state index contributed by atoms with van der Waals surface area (Å²) in [6, 6.07) is 11.4. The van der Waals surface area contributed by atoms with Crippen molar-refractivity contribution in [3.05, 3.63) is 68.5 Å². The summed E-state index contributed by atoms with van der Waals surface area (Å²) in [6.07, 6.45) is 0. The molecule has 9 heteroatoms. The van der Waals surface area contributed by atoms with E-state index in [9.17, 15) is 19.7 Å². The Hall–Kier alpha value is -3.33. The first-order valence-electron chi connectivity index (χ1n) is 8.48. The Balaban J connectivity index is 2.17. The number of hydrogen-bond donors (Lipinski definition) is 0. The number of nitrogens with zero attached hydrogens (tertiary/aromatic N) is 3. The molecule has 0 saturated heterocycles. The number of rotatable bonds is 5. The van der Waals surface area contributed by atoms with Gasteiger partial charge in [-0.1, -0.05) is 29.5 Å². The van der Waals surface area contributed by atoms with E-state index in [1.54, 1.807) is 25.1 Å². The van der Waals surface area contributed by atoms with Crippen LogP contribution in [-0.4, -0.2) is 28.0 Å². The van der Waals surface area contributed by atoms with Crippen LogP contribution in [0.4, 0.5) is 5.69 Å². The third-order valence-corrected chi connectivity index (χ3v) is 5.10. The van der Waals surface area contributed by atoms with Gasteiger partial charge in [-0.3, -0.25) is 19.7 Å². The van der Waals surface area contributed by atoms with E-state index in [4.69, 9.17) is 4.74 Å². The number of amides is 1. The molecule has 0 saturated carbocycles. The van der Waals surface area contributed by atoms with Crippen molar-refractivity contribution in [1.29, 1.82) is 0 Å². The first-order chi connectivity index (χ1) is 13.4. The van der Waals surface area contributed by atoms with Gasteiger partial charge in [0.15, 0.2) is 4.80 Å². The van der Waals surface area contributed by atoms with Crippen LogP contribution in [0.15, 0.2) is 47.5 Å². The lowest BCUT2D eigenvalue weighted by Gasteiger charge is -2.05. The van der Waals surface area contributed by atoms with Crippen LogP contribution < -0.4 is 4.80 Å². The second kappa shape index (κ2) is 8.13. The first-order valence-corrected chi connectivity index (χ1v) is 9.30. The van der Waals surface area contributed by atoms with Crippen molar-refractivity contribution in [3.8, 4) is 0 Å². The number of aryl methyl sites for hydroxylation is 1. The van der Waals surface area contributed by atoms with Crippen molar-refractivity contribution >= 4 is 39.1 Å². The fourth-order valence-corrected chi connectivity index (χ4v) is 3.71. The van der Waals surface area contributed by atoms with Gasteiger partial charge >= 0.3 is 5.97 Å². The summed E-state index contributed by atoms with van der Waals surface area (Å²) >= 11 is 1.18. The van der Waals surface area contributed by atoms with Gasteiger partial charge in [-0.25, -0.2) is 0 Å². The van der Waals surface area contributed by atoms with E-state index in [2.05, 4.69) is 4.99 Å². The Kier molecular flexibility index (Phi) is 5.65. The largest absolute Gasteiger partial charge is 0.465 e. The summed E-state index contributed by atoms with van der Waals surface area (Å²) < 4.78 is 7.14. The first kappa shape index (κ1) is 19.4. The van der Waals surface area contributed by atoms with E-state index in [1.165, 1.54) is 28.0 Å². The van der Waals surface area contributed by atoms with Crippen LogP contribution in [0, 0.1) is 17.0 Å². The van der Waals surface area contributed by atoms with Gasteiger partial charge in [-0.2, -0.15) is 4.99 Å². The van der Waals surface area contributed by atoms with Crippen molar-refractivity contribution in [2.45, 2.75) is 20.4 Å². The highest BCUT2D eigenvalue weighted by Crippen LogP contribution is 2.23. The zero-order chi connectivity index (χ0) is 20.3. The quantitative estimate of drug-likeness (QED) is 0.372. The number of thiazole rings is 1. The molecule has 2 aromatic carbocycles. The van der Waals surface area contributed by atoms with E-state index in [0.717, 1.165) is 5.56 Å². The molecule has 0 N–H and O–H groups in total. The molecule has 0 atom stereocenters. The Morgan fingerprint density at radius 3 is 2.68 bits per heavy atom. The topological polar surface area (TPSA) is 104 Å². The summed E-state index contributed by atoms with van der Waals surface area (Å²) in [6.45, 7) is 3.50. The molecule has 0 aliphatic heterocycles. The van der Waals surface area contributed by atoms with Crippen LogP contribution in [0.2, 0.25) is 0 Å². The smallest absolute Gasteiger partial charge is 0.326 e. The zero-order valence-electron chi connectivity index (χ0n) is 15.2. The number of ether oxygens (including phenoxy) is 1. The molecular formula is C19H17N3O5S. The molecule has 28 heavy (non-hydrogen) atoms. The number of aromatic nitrogens is 1. The third kappa shape index (κ3) is 3.99. The fraction of sp³-hybridized carbons (Fsp3) is 0.211. The van der Waals surface area contributed by atoms with E-state index in [1.807, 2.05) is 19.1 Å². The van der Waals surface area contributed by atoms with E-state index in [0.29, 0.717) is 15.8 Å². The third-order valence-electron chi connectivity index (χ3n) is 4.04. The van der Waals surface area contributed by atoms with E-state index in [-0.39, 0.29) is 23.6 Å². The number of nitro groups is 1. The number of benzene rings is 2. The maximum absolute atomic E-state index is 12.7. The summed E-state index contributed by atoms with van der Waals surface area (Å²) in [5, 5.41) is 11.1. The normalized spacial score (nSPS) is 11.6. The van der Waals surface area contributed by atoms with Crippen LogP contribution in [0.5, 0.6) is 0 Å². The second-order valence-electron chi connectivity index (χ2n) is 5.92. The van der Waals surface area contributed by atoms with Crippen LogP contribution in [0.3, 0.4) is 0 Å². The minimum Gasteiger partial charge on any atom is -0.465 e. The molecule has 0 unspecified atom stereocenters. The van der Waals surface area contributed by atoms with Gasteiger partial charge in [-0.15, -0.1) is 0 Å². The average molecular weight is 399 g/mol. The molecule has 1 heterocycles. The average Bonchev–Trinajstić information content (AvgIpc) is 2.98. The maximum atomic E-state index is 12.7. The minimum absolute atomic E-state index is 0.111. The van der Waals surface area contributed by atoms with Crippen molar-refractivity contribution in [1.82, 2.24) is 4.57 Å². The molecule has 0 spiro atoms. The number of non-ortho nitro benzene ring substituents is 1. The number of hydrogen-bond acceptors (Lipinski definition) is 6. The highest BCUT2D eigenvalue weighted by atomic mass is 32.1. The molecule has 0 aliphatic carbocycles. The van der Waals surface area contributed by atoms with Crippen molar-refractivity contribution in [3.63, 3.8) is 0 Å². The summed E-state index contributed by atoms with van der Waals surface area (Å²) in [4.78, 5) is 39.7. The lowest BCUT2D eigenvalue weighted by molar-refractivity contribution is -0.384. The predicted molar refractivity (Wildman–Crippen MR) is 104 cm³/mol. The molecule has 0 aliphatic rings. The SMILES string of the molecule is CCOC(=O)Cn1c(=NC(=O)c2ccccc2C)sc2ccc([N+](=O)[O-])cc21. The molecule has 0 radical (unpaired) electrons. The predicted octanol–water partition coefficient (Wildman–Crippen LogP) is 3.22. The van der Waals surface area contributed by atoms with Gasteiger partial charge in [0.05, 0.1) is 21.7 Å². The standard InChI is InChI=1S/C19H17N3O5S/c1-3-27-17(23)11-21-15-10-13(22(25)26)8-9-16(15)28-19(21)20-18(24)14-7-5-4-6-12(14)2/h4-10H,3,11H2,1-2H3. The van der Waals surface area contributed by atoms with Gasteiger partial charge < -0.3 is 9.30 Å². The van der Waals surface area contributed by atoms with Gasteiger partial charge in [0, 0.05) is 17.7 Å². The summed E-state index contributed by atoms with van der Waals surface area (Å²) in [5.74, 6) is -0.963.